The summed E-state index contributed by atoms with van der Waals surface area (Å²) >= 11 is 0. The topological polar surface area (TPSA) is 28.1 Å². The Bertz CT molecular complexity index is 959. The second-order valence-electron chi connectivity index (χ2n) is 5.47. The number of nitrogens with zero attached hydrogens (tertiary/aromatic N) is 1. The molecule has 0 radical (unpaired) electrons. The van der Waals surface area contributed by atoms with E-state index in [-0.39, 0.29) is 0 Å². The van der Waals surface area contributed by atoms with E-state index >= 15 is 0 Å². The number of aromatic amines is 1. The first kappa shape index (κ1) is 14.3. The molecule has 3 aromatic rings. The maximum Gasteiger partial charge on any atom is 0.0661 e. The van der Waals surface area contributed by atoms with Gasteiger partial charge in [-0.2, -0.15) is 0 Å². The largest absolute Gasteiger partial charge is 0.354 e. The van der Waals surface area contributed by atoms with Crippen LogP contribution in [0.5, 0.6) is 0 Å². The lowest BCUT2D eigenvalue weighted by atomic mass is 10.2. The van der Waals surface area contributed by atoms with Gasteiger partial charge < -0.3 is 4.98 Å². The summed E-state index contributed by atoms with van der Waals surface area (Å²) in [6.45, 7) is 6.19. The zero-order chi connectivity index (χ0) is 15.5. The van der Waals surface area contributed by atoms with Gasteiger partial charge in [0, 0.05) is 27.2 Å². The van der Waals surface area contributed by atoms with Crippen LogP contribution < -0.4 is 10.6 Å². The predicted molar refractivity (Wildman–Crippen MR) is 96.1 cm³/mol. The molecule has 0 saturated carbocycles. The highest BCUT2D eigenvalue weighted by Gasteiger charge is 1.99. The monoisotopic (exact) mass is 288 g/mol. The Balaban J connectivity index is 2.15. The molecule has 0 amide bonds. The lowest BCUT2D eigenvalue weighted by Gasteiger charge is -1.99. The predicted octanol–water partition coefficient (Wildman–Crippen LogP) is 3.85. The zero-order valence-electron chi connectivity index (χ0n) is 13.2. The summed E-state index contributed by atoms with van der Waals surface area (Å²) in [5.74, 6) is 0. The normalized spacial score (nSPS) is 14.0. The third-order valence-corrected chi connectivity index (χ3v) is 3.83. The molecule has 2 heteroatoms. The van der Waals surface area contributed by atoms with Crippen molar-refractivity contribution < 1.29 is 0 Å². The van der Waals surface area contributed by atoms with E-state index in [1.54, 1.807) is 0 Å². The van der Waals surface area contributed by atoms with Crippen LogP contribution in [-0.2, 0) is 0 Å². The van der Waals surface area contributed by atoms with Crippen LogP contribution in [0.2, 0.25) is 0 Å². The maximum absolute atomic E-state index is 4.73. The van der Waals surface area contributed by atoms with E-state index in [4.69, 9.17) is 4.99 Å². The molecular formula is C20H20N2. The van der Waals surface area contributed by atoms with Gasteiger partial charge in [-0.1, -0.05) is 42.5 Å². The first-order valence-corrected chi connectivity index (χ1v) is 7.55. The number of H-pyrrole nitrogens is 1. The second-order valence-corrected chi connectivity index (χ2v) is 5.47. The van der Waals surface area contributed by atoms with E-state index < -0.39 is 0 Å². The van der Waals surface area contributed by atoms with Gasteiger partial charge >= 0.3 is 0 Å². The Morgan fingerprint density at radius 1 is 1.05 bits per heavy atom. The van der Waals surface area contributed by atoms with Gasteiger partial charge in [-0.15, -0.1) is 0 Å². The van der Waals surface area contributed by atoms with Gasteiger partial charge in [0.25, 0.3) is 0 Å². The van der Waals surface area contributed by atoms with Gasteiger partial charge in [0.05, 0.1) is 5.69 Å². The van der Waals surface area contributed by atoms with E-state index in [0.717, 1.165) is 22.3 Å². The van der Waals surface area contributed by atoms with Crippen molar-refractivity contribution in [3.05, 3.63) is 64.7 Å². The fourth-order valence-corrected chi connectivity index (χ4v) is 2.73. The molecule has 1 aromatic heterocycles. The second kappa shape index (κ2) is 6.02. The van der Waals surface area contributed by atoms with Crippen molar-refractivity contribution >= 4 is 34.5 Å². The lowest BCUT2D eigenvalue weighted by Crippen LogP contribution is -2.23. The van der Waals surface area contributed by atoms with Crippen molar-refractivity contribution in [1.29, 1.82) is 0 Å². The smallest absolute Gasteiger partial charge is 0.0661 e. The van der Waals surface area contributed by atoms with Gasteiger partial charge in [0.1, 0.15) is 0 Å². The summed E-state index contributed by atoms with van der Waals surface area (Å²) in [6, 6.07) is 16.6. The number of para-hydroxylation sites is 2. The van der Waals surface area contributed by atoms with Crippen LogP contribution in [0.15, 0.2) is 53.5 Å². The van der Waals surface area contributed by atoms with E-state index in [9.17, 15) is 0 Å². The fraction of sp³-hybridized carbons (Fsp3) is 0.150. The molecule has 1 N–H and O–H groups in total. The summed E-state index contributed by atoms with van der Waals surface area (Å²) < 4.78 is 0. The number of nitrogens with one attached hydrogen (secondary N) is 1. The molecule has 0 saturated heterocycles. The molecule has 0 aliphatic carbocycles. The molecule has 2 nitrogen and oxygen atoms in total. The summed E-state index contributed by atoms with van der Waals surface area (Å²) in [5.41, 5.74) is 4.36. The van der Waals surface area contributed by atoms with Crippen LogP contribution in [0.3, 0.4) is 0 Å². The van der Waals surface area contributed by atoms with Crippen LogP contribution in [-0.4, -0.2) is 10.7 Å². The van der Waals surface area contributed by atoms with Crippen molar-refractivity contribution in [2.75, 3.05) is 0 Å². The minimum absolute atomic E-state index is 0.990. The van der Waals surface area contributed by atoms with E-state index in [1.165, 1.54) is 16.2 Å². The quantitative estimate of drug-likeness (QED) is 0.694. The maximum atomic E-state index is 4.73. The first-order chi connectivity index (χ1) is 10.7. The van der Waals surface area contributed by atoms with Crippen molar-refractivity contribution in [3.63, 3.8) is 0 Å². The third kappa shape index (κ3) is 2.73. The molecule has 0 fully saturated rings. The first-order valence-electron chi connectivity index (χ1n) is 7.55. The number of rotatable bonds is 2. The summed E-state index contributed by atoms with van der Waals surface area (Å²) in [4.78, 5) is 8.21. The minimum atomic E-state index is 0.990. The number of hydrogen-bond acceptors (Lipinski definition) is 1. The number of fused-ring (bicyclic) bond motifs is 1. The molecule has 2 aromatic carbocycles. The fourth-order valence-electron chi connectivity index (χ4n) is 2.73. The van der Waals surface area contributed by atoms with Crippen LogP contribution in [0.1, 0.15) is 19.4 Å². The van der Waals surface area contributed by atoms with Crippen LogP contribution >= 0.6 is 0 Å². The molecule has 0 aliphatic rings. The number of hydrogen-bond donors (Lipinski definition) is 1. The molecule has 0 unspecified atom stereocenters. The van der Waals surface area contributed by atoms with Gasteiger partial charge in [-0.25, -0.2) is 0 Å². The highest BCUT2D eigenvalue weighted by Crippen LogP contribution is 2.17. The van der Waals surface area contributed by atoms with Gasteiger partial charge in [-0.05, 0) is 44.5 Å². The minimum Gasteiger partial charge on any atom is -0.354 e. The highest BCUT2D eigenvalue weighted by atomic mass is 14.7. The summed E-state index contributed by atoms with van der Waals surface area (Å²) in [6.07, 6.45) is 4.26. The number of aromatic nitrogens is 1. The molecule has 0 spiro atoms. The molecule has 0 bridgehead atoms. The molecule has 3 rings (SSSR count). The average molecular weight is 288 g/mol. The molecule has 0 atom stereocenters. The van der Waals surface area contributed by atoms with E-state index in [2.05, 4.69) is 61.3 Å². The number of aliphatic imine (C=N–C) groups is 1. The van der Waals surface area contributed by atoms with Crippen molar-refractivity contribution in [2.24, 2.45) is 4.99 Å². The SMILES string of the molecule is C\C=c1/c(=C\C(C)=N\c2ccccc2C)[nH]c2ccccc12. The van der Waals surface area contributed by atoms with Crippen molar-refractivity contribution in [1.82, 2.24) is 4.98 Å². The molecule has 0 aliphatic heterocycles. The van der Waals surface area contributed by atoms with Gasteiger partial charge in [0.2, 0.25) is 0 Å². The molecule has 1 heterocycles. The third-order valence-electron chi connectivity index (χ3n) is 3.83. The van der Waals surface area contributed by atoms with Crippen LogP contribution in [0.25, 0.3) is 23.1 Å². The van der Waals surface area contributed by atoms with Gasteiger partial charge in [0.15, 0.2) is 0 Å². The Morgan fingerprint density at radius 2 is 1.77 bits per heavy atom. The van der Waals surface area contributed by atoms with Crippen molar-refractivity contribution in [2.45, 2.75) is 20.8 Å². The Kier molecular flexibility index (Phi) is 3.92. The van der Waals surface area contributed by atoms with Crippen LogP contribution in [0.4, 0.5) is 5.69 Å². The zero-order valence-corrected chi connectivity index (χ0v) is 13.2. The Hall–Kier alpha value is -2.61. The summed E-state index contributed by atoms with van der Waals surface area (Å²) in [7, 11) is 0. The standard InChI is InChI=1S/C20H20N2/c1-4-16-17-10-6-8-12-19(17)22-20(16)13-15(3)21-18-11-7-5-9-14(18)2/h4-13,22H,1-3H3/b16-4-,20-13+,21-15+. The lowest BCUT2D eigenvalue weighted by molar-refractivity contribution is 1.35. The van der Waals surface area contributed by atoms with E-state index in [1.807, 2.05) is 25.1 Å². The summed E-state index contributed by atoms with van der Waals surface area (Å²) in [5, 5.41) is 3.59. The molecule has 22 heavy (non-hydrogen) atoms. The number of benzene rings is 2. The molecular weight excluding hydrogens is 268 g/mol. The number of aryl methyl sites for hydroxylation is 1. The Morgan fingerprint density at radius 3 is 2.55 bits per heavy atom. The van der Waals surface area contributed by atoms with Crippen molar-refractivity contribution in [3.8, 4) is 0 Å². The highest BCUT2D eigenvalue weighted by molar-refractivity contribution is 6.09. The average Bonchev–Trinajstić information content (AvgIpc) is 2.86. The Labute approximate surface area is 130 Å². The van der Waals surface area contributed by atoms with Crippen LogP contribution in [0, 0.1) is 6.92 Å². The van der Waals surface area contributed by atoms with Gasteiger partial charge in [-0.3, -0.25) is 4.99 Å². The van der Waals surface area contributed by atoms with E-state index in [0.29, 0.717) is 0 Å². The molecule has 110 valence electrons.